The predicted molar refractivity (Wildman–Crippen MR) is 90.9 cm³/mol. The minimum absolute atomic E-state index is 0.0368. The number of hydrogen-bond acceptors (Lipinski definition) is 2. The molecular formula is C19H29NO. The highest BCUT2D eigenvalue weighted by Crippen LogP contribution is 2.37. The summed E-state index contributed by atoms with van der Waals surface area (Å²) in [5, 5.41) is 13.6. The standard InChI is InChI=1S/C19H29NO/c1-18(2,3)15-12-14(10-8-9-11-20-7)17(21)16(13-15)19(4,5)6/h12-13,20-21H,9,11H2,1-7H3. The smallest absolute Gasteiger partial charge is 0.134 e. The van der Waals surface area contributed by atoms with Crippen LogP contribution < -0.4 is 5.32 Å². The van der Waals surface area contributed by atoms with Crippen LogP contribution in [0.25, 0.3) is 0 Å². The molecule has 0 aliphatic heterocycles. The van der Waals surface area contributed by atoms with Gasteiger partial charge in [0.15, 0.2) is 0 Å². The lowest BCUT2D eigenvalue weighted by Gasteiger charge is -2.26. The Bertz CT molecular complexity index is 548. The first kappa shape index (κ1) is 17.6. The second kappa shape index (κ2) is 6.54. The number of benzene rings is 1. The molecule has 0 saturated heterocycles. The predicted octanol–water partition coefficient (Wildman–Crippen LogP) is 3.95. The van der Waals surface area contributed by atoms with Crippen molar-refractivity contribution in [3.8, 4) is 17.6 Å². The van der Waals surface area contributed by atoms with Gasteiger partial charge in [-0.25, -0.2) is 0 Å². The molecule has 1 aromatic carbocycles. The summed E-state index contributed by atoms with van der Waals surface area (Å²) in [5.74, 6) is 6.59. The van der Waals surface area contributed by atoms with Gasteiger partial charge in [0.05, 0.1) is 5.56 Å². The third-order valence-electron chi connectivity index (χ3n) is 3.51. The third kappa shape index (κ3) is 4.79. The molecule has 0 spiro atoms. The van der Waals surface area contributed by atoms with E-state index in [9.17, 15) is 5.11 Å². The van der Waals surface area contributed by atoms with Crippen molar-refractivity contribution in [1.82, 2.24) is 5.32 Å². The highest BCUT2D eigenvalue weighted by Gasteiger charge is 2.24. The minimum atomic E-state index is -0.104. The lowest BCUT2D eigenvalue weighted by Crippen LogP contribution is -2.17. The Morgan fingerprint density at radius 1 is 1.05 bits per heavy atom. The van der Waals surface area contributed by atoms with E-state index in [4.69, 9.17) is 0 Å². The van der Waals surface area contributed by atoms with Crippen LogP contribution in [0.4, 0.5) is 0 Å². The summed E-state index contributed by atoms with van der Waals surface area (Å²) in [6.07, 6.45) is 0.778. The molecule has 0 atom stereocenters. The van der Waals surface area contributed by atoms with Gasteiger partial charge in [-0.05, 0) is 29.5 Å². The monoisotopic (exact) mass is 287 g/mol. The Labute approximate surface area is 130 Å². The maximum atomic E-state index is 10.6. The average Bonchev–Trinajstić information content (AvgIpc) is 2.33. The first-order valence-electron chi connectivity index (χ1n) is 7.59. The van der Waals surface area contributed by atoms with Crippen LogP contribution in [0.15, 0.2) is 12.1 Å². The van der Waals surface area contributed by atoms with Crippen LogP contribution in [0.1, 0.15) is 64.7 Å². The van der Waals surface area contributed by atoms with E-state index in [1.165, 1.54) is 5.56 Å². The van der Waals surface area contributed by atoms with Crippen LogP contribution >= 0.6 is 0 Å². The van der Waals surface area contributed by atoms with E-state index < -0.39 is 0 Å². The van der Waals surface area contributed by atoms with E-state index in [-0.39, 0.29) is 10.8 Å². The lowest BCUT2D eigenvalue weighted by atomic mass is 9.79. The van der Waals surface area contributed by atoms with E-state index in [0.29, 0.717) is 5.75 Å². The third-order valence-corrected chi connectivity index (χ3v) is 3.51. The molecule has 0 bridgehead atoms. The molecule has 0 aliphatic rings. The maximum Gasteiger partial charge on any atom is 0.134 e. The van der Waals surface area contributed by atoms with Crippen molar-refractivity contribution in [1.29, 1.82) is 0 Å². The van der Waals surface area contributed by atoms with Crippen molar-refractivity contribution in [3.63, 3.8) is 0 Å². The zero-order chi connectivity index (χ0) is 16.3. The van der Waals surface area contributed by atoms with Crippen LogP contribution in [-0.4, -0.2) is 18.7 Å². The molecule has 1 rings (SSSR count). The van der Waals surface area contributed by atoms with Gasteiger partial charge < -0.3 is 10.4 Å². The molecule has 0 amide bonds. The molecule has 0 heterocycles. The molecule has 0 unspecified atom stereocenters. The van der Waals surface area contributed by atoms with Crippen molar-refractivity contribution in [3.05, 3.63) is 28.8 Å². The summed E-state index contributed by atoms with van der Waals surface area (Å²) >= 11 is 0. The fourth-order valence-electron chi connectivity index (χ4n) is 2.08. The van der Waals surface area contributed by atoms with Gasteiger partial charge in [0, 0.05) is 18.5 Å². The Hall–Kier alpha value is -1.46. The van der Waals surface area contributed by atoms with Crippen molar-refractivity contribution >= 4 is 0 Å². The highest BCUT2D eigenvalue weighted by molar-refractivity contribution is 5.55. The van der Waals surface area contributed by atoms with E-state index in [2.05, 4.69) is 64.8 Å². The van der Waals surface area contributed by atoms with E-state index >= 15 is 0 Å². The van der Waals surface area contributed by atoms with Gasteiger partial charge in [0.2, 0.25) is 0 Å². The van der Waals surface area contributed by atoms with Crippen LogP contribution in [0.3, 0.4) is 0 Å². The fourth-order valence-corrected chi connectivity index (χ4v) is 2.08. The van der Waals surface area contributed by atoms with E-state index in [0.717, 1.165) is 24.1 Å². The molecule has 1 aromatic rings. The molecule has 0 saturated carbocycles. The first-order valence-corrected chi connectivity index (χ1v) is 7.59. The molecule has 21 heavy (non-hydrogen) atoms. The number of phenolic OH excluding ortho intramolecular Hbond substituents is 1. The molecule has 0 radical (unpaired) electrons. The zero-order valence-electron chi connectivity index (χ0n) is 14.5. The summed E-state index contributed by atoms with van der Waals surface area (Å²) < 4.78 is 0. The van der Waals surface area contributed by atoms with Crippen molar-refractivity contribution in [2.45, 2.75) is 58.8 Å². The highest BCUT2D eigenvalue weighted by atomic mass is 16.3. The summed E-state index contributed by atoms with van der Waals surface area (Å²) in [5.41, 5.74) is 2.85. The van der Waals surface area contributed by atoms with Gasteiger partial charge in [-0.3, -0.25) is 0 Å². The van der Waals surface area contributed by atoms with Crippen molar-refractivity contribution < 1.29 is 5.11 Å². The maximum absolute atomic E-state index is 10.6. The minimum Gasteiger partial charge on any atom is -0.506 e. The molecule has 2 N–H and O–H groups in total. The largest absolute Gasteiger partial charge is 0.506 e. The van der Waals surface area contributed by atoms with Crippen molar-refractivity contribution in [2.75, 3.05) is 13.6 Å². The molecule has 2 nitrogen and oxygen atoms in total. The van der Waals surface area contributed by atoms with Crippen LogP contribution in [-0.2, 0) is 10.8 Å². The van der Waals surface area contributed by atoms with E-state index in [1.807, 2.05) is 13.1 Å². The van der Waals surface area contributed by atoms with Gasteiger partial charge in [-0.2, -0.15) is 0 Å². The zero-order valence-corrected chi connectivity index (χ0v) is 14.5. The topological polar surface area (TPSA) is 32.3 Å². The number of nitrogens with one attached hydrogen (secondary N) is 1. The SMILES string of the molecule is CNCCC#Cc1cc(C(C)(C)C)cc(C(C)(C)C)c1O. The Morgan fingerprint density at radius 2 is 1.67 bits per heavy atom. The first-order chi connectivity index (χ1) is 9.57. The van der Waals surface area contributed by atoms with Gasteiger partial charge in [0.25, 0.3) is 0 Å². The number of phenols is 1. The van der Waals surface area contributed by atoms with Gasteiger partial charge in [0.1, 0.15) is 5.75 Å². The summed E-state index contributed by atoms with van der Waals surface area (Å²) in [7, 11) is 1.91. The number of aromatic hydroxyl groups is 1. The van der Waals surface area contributed by atoms with E-state index in [1.54, 1.807) is 0 Å². The second-order valence-corrected chi connectivity index (χ2v) is 7.58. The normalized spacial score (nSPS) is 12.0. The Morgan fingerprint density at radius 3 is 2.14 bits per heavy atom. The quantitative estimate of drug-likeness (QED) is 0.637. The second-order valence-electron chi connectivity index (χ2n) is 7.58. The molecule has 0 fully saturated rings. The average molecular weight is 287 g/mol. The summed E-state index contributed by atoms with van der Waals surface area (Å²) in [4.78, 5) is 0. The van der Waals surface area contributed by atoms with Crippen LogP contribution in [0.5, 0.6) is 5.75 Å². The summed E-state index contributed by atoms with van der Waals surface area (Å²) in [6, 6.07) is 4.14. The number of hydrogen-bond donors (Lipinski definition) is 2. The molecular weight excluding hydrogens is 258 g/mol. The van der Waals surface area contributed by atoms with Crippen LogP contribution in [0.2, 0.25) is 0 Å². The molecule has 2 heteroatoms. The Balaban J connectivity index is 3.38. The van der Waals surface area contributed by atoms with Gasteiger partial charge in [-0.1, -0.05) is 59.4 Å². The lowest BCUT2D eigenvalue weighted by molar-refractivity contribution is 0.443. The summed E-state index contributed by atoms with van der Waals surface area (Å²) in [6.45, 7) is 13.8. The molecule has 0 aromatic heterocycles. The van der Waals surface area contributed by atoms with Gasteiger partial charge >= 0.3 is 0 Å². The van der Waals surface area contributed by atoms with Crippen molar-refractivity contribution in [2.24, 2.45) is 0 Å². The Kier molecular flexibility index (Phi) is 5.48. The molecule has 116 valence electrons. The fraction of sp³-hybridized carbons (Fsp3) is 0.579. The van der Waals surface area contributed by atoms with Crippen LogP contribution in [0, 0.1) is 11.8 Å². The van der Waals surface area contributed by atoms with Gasteiger partial charge in [-0.15, -0.1) is 0 Å². The molecule has 0 aliphatic carbocycles. The number of rotatable bonds is 2.